The van der Waals surface area contributed by atoms with Crippen LogP contribution in [0.3, 0.4) is 0 Å². The summed E-state index contributed by atoms with van der Waals surface area (Å²) in [5.74, 6) is 2.41. The predicted molar refractivity (Wildman–Crippen MR) is 92.3 cm³/mol. The molecule has 4 nitrogen and oxygen atoms in total. The van der Waals surface area contributed by atoms with E-state index in [2.05, 4.69) is 63.4 Å². The SMILES string of the molecule is CCC(C)Nc1cc(Nc2ccc(Br)c(C)c2)nc(C)n1. The molecule has 1 aromatic heterocycles. The smallest absolute Gasteiger partial charge is 0.136 e. The van der Waals surface area contributed by atoms with Gasteiger partial charge in [0.15, 0.2) is 0 Å². The molecule has 0 aliphatic heterocycles. The van der Waals surface area contributed by atoms with Gasteiger partial charge in [0.2, 0.25) is 0 Å². The Balaban J connectivity index is 2.21. The Morgan fingerprint density at radius 1 is 1.14 bits per heavy atom. The summed E-state index contributed by atoms with van der Waals surface area (Å²) in [7, 11) is 0. The molecule has 112 valence electrons. The average Bonchev–Trinajstić information content (AvgIpc) is 2.42. The third-order valence-electron chi connectivity index (χ3n) is 3.27. The van der Waals surface area contributed by atoms with Gasteiger partial charge in [-0.05, 0) is 51.0 Å². The first-order chi connectivity index (χ1) is 9.97. The van der Waals surface area contributed by atoms with Crippen molar-refractivity contribution in [2.45, 2.75) is 40.2 Å². The van der Waals surface area contributed by atoms with Crippen LogP contribution in [-0.4, -0.2) is 16.0 Å². The monoisotopic (exact) mass is 348 g/mol. The lowest BCUT2D eigenvalue weighted by molar-refractivity contribution is 0.757. The van der Waals surface area contributed by atoms with E-state index in [0.717, 1.165) is 34.0 Å². The maximum Gasteiger partial charge on any atom is 0.136 e. The van der Waals surface area contributed by atoms with E-state index >= 15 is 0 Å². The Kier molecular flexibility index (Phi) is 5.17. The van der Waals surface area contributed by atoms with Crippen LogP contribution in [0.2, 0.25) is 0 Å². The van der Waals surface area contributed by atoms with Gasteiger partial charge in [0.05, 0.1) is 0 Å². The van der Waals surface area contributed by atoms with Crippen LogP contribution in [0.25, 0.3) is 0 Å². The summed E-state index contributed by atoms with van der Waals surface area (Å²) in [5, 5.41) is 6.71. The number of hydrogen-bond acceptors (Lipinski definition) is 4. The minimum absolute atomic E-state index is 0.391. The van der Waals surface area contributed by atoms with Gasteiger partial charge in [0.25, 0.3) is 0 Å². The van der Waals surface area contributed by atoms with Gasteiger partial charge in [-0.2, -0.15) is 0 Å². The minimum atomic E-state index is 0.391. The molecule has 1 unspecified atom stereocenters. The average molecular weight is 349 g/mol. The van der Waals surface area contributed by atoms with E-state index in [1.54, 1.807) is 0 Å². The molecule has 1 atom stereocenters. The van der Waals surface area contributed by atoms with Crippen LogP contribution in [0.15, 0.2) is 28.7 Å². The van der Waals surface area contributed by atoms with Crippen molar-refractivity contribution in [1.29, 1.82) is 0 Å². The van der Waals surface area contributed by atoms with Gasteiger partial charge in [-0.3, -0.25) is 0 Å². The van der Waals surface area contributed by atoms with Crippen molar-refractivity contribution in [2.24, 2.45) is 0 Å². The zero-order valence-electron chi connectivity index (χ0n) is 12.9. The molecule has 21 heavy (non-hydrogen) atoms. The van der Waals surface area contributed by atoms with E-state index in [1.165, 1.54) is 5.56 Å². The van der Waals surface area contributed by atoms with Crippen LogP contribution < -0.4 is 10.6 Å². The molecule has 0 radical (unpaired) electrons. The highest BCUT2D eigenvalue weighted by molar-refractivity contribution is 9.10. The molecule has 1 aromatic carbocycles. The number of rotatable bonds is 5. The van der Waals surface area contributed by atoms with Gasteiger partial charge < -0.3 is 10.6 Å². The number of halogens is 1. The van der Waals surface area contributed by atoms with Crippen molar-refractivity contribution in [3.63, 3.8) is 0 Å². The van der Waals surface area contributed by atoms with Crippen molar-refractivity contribution < 1.29 is 0 Å². The van der Waals surface area contributed by atoms with Gasteiger partial charge in [-0.15, -0.1) is 0 Å². The Morgan fingerprint density at radius 2 is 1.86 bits per heavy atom. The molecular formula is C16H21BrN4. The normalized spacial score (nSPS) is 12.0. The molecule has 2 N–H and O–H groups in total. The van der Waals surface area contributed by atoms with Crippen LogP contribution in [-0.2, 0) is 0 Å². The van der Waals surface area contributed by atoms with Crippen LogP contribution in [0.4, 0.5) is 17.3 Å². The van der Waals surface area contributed by atoms with Crippen molar-refractivity contribution in [3.05, 3.63) is 40.1 Å². The van der Waals surface area contributed by atoms with E-state index in [-0.39, 0.29) is 0 Å². The lowest BCUT2D eigenvalue weighted by atomic mass is 10.2. The van der Waals surface area contributed by atoms with E-state index in [0.29, 0.717) is 6.04 Å². The summed E-state index contributed by atoms with van der Waals surface area (Å²) < 4.78 is 1.10. The number of nitrogens with zero attached hydrogens (tertiary/aromatic N) is 2. The highest BCUT2D eigenvalue weighted by Gasteiger charge is 2.05. The van der Waals surface area contributed by atoms with Gasteiger partial charge in [-0.1, -0.05) is 22.9 Å². The number of aromatic nitrogens is 2. The van der Waals surface area contributed by atoms with Crippen molar-refractivity contribution in [3.8, 4) is 0 Å². The first kappa shape index (κ1) is 15.8. The Bertz CT molecular complexity index is 628. The summed E-state index contributed by atoms with van der Waals surface area (Å²) in [6, 6.07) is 8.47. The van der Waals surface area contributed by atoms with E-state index < -0.39 is 0 Å². The molecule has 2 aromatic rings. The molecule has 0 spiro atoms. The second-order valence-corrected chi connectivity index (χ2v) is 6.08. The maximum absolute atomic E-state index is 4.44. The molecule has 0 amide bonds. The summed E-state index contributed by atoms with van der Waals surface area (Å²) in [4.78, 5) is 8.87. The molecule has 0 bridgehead atoms. The van der Waals surface area contributed by atoms with Crippen molar-refractivity contribution in [1.82, 2.24) is 9.97 Å². The van der Waals surface area contributed by atoms with Crippen molar-refractivity contribution in [2.75, 3.05) is 10.6 Å². The number of nitrogens with one attached hydrogen (secondary N) is 2. The zero-order valence-corrected chi connectivity index (χ0v) is 14.5. The molecule has 0 saturated carbocycles. The fourth-order valence-electron chi connectivity index (χ4n) is 1.93. The van der Waals surface area contributed by atoms with Gasteiger partial charge in [-0.25, -0.2) is 9.97 Å². The molecule has 0 aliphatic carbocycles. The standard InChI is InChI=1S/C16H21BrN4/c1-5-11(3)18-15-9-16(20-12(4)19-15)21-13-6-7-14(17)10(2)8-13/h6-9,11H,5H2,1-4H3,(H2,18,19,20,21). The molecule has 2 rings (SSSR count). The molecular weight excluding hydrogens is 328 g/mol. The summed E-state index contributed by atoms with van der Waals surface area (Å²) in [6.07, 6.45) is 1.05. The first-order valence-corrected chi connectivity index (χ1v) is 7.92. The van der Waals surface area contributed by atoms with Crippen LogP contribution in [0, 0.1) is 13.8 Å². The predicted octanol–water partition coefficient (Wildman–Crippen LogP) is 4.81. The molecule has 0 saturated heterocycles. The summed E-state index contributed by atoms with van der Waals surface area (Å²) in [6.45, 7) is 8.26. The van der Waals surface area contributed by atoms with E-state index in [9.17, 15) is 0 Å². The largest absolute Gasteiger partial charge is 0.367 e. The second kappa shape index (κ2) is 6.89. The van der Waals surface area contributed by atoms with Gasteiger partial charge in [0, 0.05) is 22.3 Å². The number of benzene rings is 1. The van der Waals surface area contributed by atoms with Gasteiger partial charge >= 0.3 is 0 Å². The third-order valence-corrected chi connectivity index (χ3v) is 4.16. The van der Waals surface area contributed by atoms with Crippen LogP contribution in [0.1, 0.15) is 31.7 Å². The highest BCUT2D eigenvalue weighted by Crippen LogP contribution is 2.23. The molecule has 5 heteroatoms. The zero-order chi connectivity index (χ0) is 15.4. The fourth-order valence-corrected chi connectivity index (χ4v) is 2.18. The number of hydrogen-bond donors (Lipinski definition) is 2. The van der Waals surface area contributed by atoms with Crippen molar-refractivity contribution >= 4 is 33.3 Å². The van der Waals surface area contributed by atoms with E-state index in [4.69, 9.17) is 0 Å². The second-order valence-electron chi connectivity index (χ2n) is 5.23. The van der Waals surface area contributed by atoms with Crippen LogP contribution in [0.5, 0.6) is 0 Å². The number of aryl methyl sites for hydroxylation is 2. The number of anilines is 3. The maximum atomic E-state index is 4.44. The molecule has 0 aliphatic rings. The Hall–Kier alpha value is -1.62. The van der Waals surface area contributed by atoms with E-state index in [1.807, 2.05) is 25.1 Å². The molecule has 0 fully saturated rings. The first-order valence-electron chi connectivity index (χ1n) is 7.13. The minimum Gasteiger partial charge on any atom is -0.367 e. The summed E-state index contributed by atoms with van der Waals surface area (Å²) >= 11 is 3.51. The fraction of sp³-hybridized carbons (Fsp3) is 0.375. The van der Waals surface area contributed by atoms with Gasteiger partial charge in [0.1, 0.15) is 17.5 Å². The quantitative estimate of drug-likeness (QED) is 0.813. The Labute approximate surface area is 134 Å². The highest BCUT2D eigenvalue weighted by atomic mass is 79.9. The topological polar surface area (TPSA) is 49.8 Å². The Morgan fingerprint density at radius 3 is 2.52 bits per heavy atom. The lowest BCUT2D eigenvalue weighted by Crippen LogP contribution is -2.15. The summed E-state index contributed by atoms with van der Waals surface area (Å²) in [5.41, 5.74) is 2.20. The van der Waals surface area contributed by atoms with Crippen LogP contribution >= 0.6 is 15.9 Å². The lowest BCUT2D eigenvalue weighted by Gasteiger charge is -2.14. The molecule has 1 heterocycles. The third kappa shape index (κ3) is 4.43.